The predicted molar refractivity (Wildman–Crippen MR) is 78.1 cm³/mol. The molecule has 4 N–H and O–H groups in total. The maximum atomic E-state index is 13.6. The van der Waals surface area contributed by atoms with Gasteiger partial charge in [-0.15, -0.1) is 0 Å². The minimum Gasteiger partial charge on any atom is -0.322 e. The highest BCUT2D eigenvalue weighted by Crippen LogP contribution is 2.22. The van der Waals surface area contributed by atoms with Gasteiger partial charge < -0.3 is 10.7 Å². The minimum atomic E-state index is -0.568. The molecule has 0 radical (unpaired) electrons. The number of nitrogens with two attached hydrogens (primary N) is 1. The molecule has 1 amide bonds. The Hall–Kier alpha value is -2.40. The van der Waals surface area contributed by atoms with E-state index in [2.05, 4.69) is 10.7 Å². The van der Waals surface area contributed by atoms with Gasteiger partial charge in [-0.3, -0.25) is 10.6 Å². The van der Waals surface area contributed by atoms with Gasteiger partial charge in [0.05, 0.1) is 11.3 Å². The molecule has 0 aliphatic rings. The van der Waals surface area contributed by atoms with Crippen LogP contribution in [-0.2, 0) is 0 Å². The number of nitrogen functional groups attached to an aromatic ring is 1. The zero-order valence-corrected chi connectivity index (χ0v) is 11.3. The summed E-state index contributed by atoms with van der Waals surface area (Å²) in [4.78, 5) is 12.2. The van der Waals surface area contributed by atoms with Crippen LogP contribution in [0.5, 0.6) is 0 Å². The standard InChI is InChI=1S/C15H16FN3O/c1-9-6-7-10(2)13(8-9)18-15(20)11-4-3-5-12(16)14(11)19-17/h3-8,19H,17H2,1-2H3,(H,18,20). The summed E-state index contributed by atoms with van der Waals surface area (Å²) in [6.07, 6.45) is 0. The number of hydrazine groups is 1. The van der Waals surface area contributed by atoms with Crippen LogP contribution in [0.15, 0.2) is 36.4 Å². The Balaban J connectivity index is 2.33. The lowest BCUT2D eigenvalue weighted by Gasteiger charge is -2.12. The van der Waals surface area contributed by atoms with Crippen LogP contribution in [0, 0.1) is 19.7 Å². The van der Waals surface area contributed by atoms with Crippen molar-refractivity contribution in [1.29, 1.82) is 0 Å². The lowest BCUT2D eigenvalue weighted by Crippen LogP contribution is -2.18. The maximum Gasteiger partial charge on any atom is 0.257 e. The highest BCUT2D eigenvalue weighted by Gasteiger charge is 2.15. The molecule has 0 saturated heterocycles. The molecule has 5 heteroatoms. The van der Waals surface area contributed by atoms with Crippen LogP contribution in [-0.4, -0.2) is 5.91 Å². The van der Waals surface area contributed by atoms with Gasteiger partial charge in [0.25, 0.3) is 5.91 Å². The number of hydrogen-bond donors (Lipinski definition) is 3. The molecule has 2 aromatic carbocycles. The predicted octanol–water partition coefficient (Wildman–Crippen LogP) is 2.98. The van der Waals surface area contributed by atoms with E-state index in [1.54, 1.807) is 0 Å². The van der Waals surface area contributed by atoms with Crippen LogP contribution in [0.4, 0.5) is 15.8 Å². The van der Waals surface area contributed by atoms with Crippen LogP contribution in [0.1, 0.15) is 21.5 Å². The van der Waals surface area contributed by atoms with Gasteiger partial charge in [-0.25, -0.2) is 4.39 Å². The Bertz CT molecular complexity index is 656. The van der Waals surface area contributed by atoms with Crippen molar-refractivity contribution in [3.63, 3.8) is 0 Å². The molecule has 20 heavy (non-hydrogen) atoms. The summed E-state index contributed by atoms with van der Waals surface area (Å²) >= 11 is 0. The monoisotopic (exact) mass is 273 g/mol. The zero-order valence-electron chi connectivity index (χ0n) is 11.3. The van der Waals surface area contributed by atoms with Gasteiger partial charge in [0.1, 0.15) is 5.82 Å². The largest absolute Gasteiger partial charge is 0.322 e. The van der Waals surface area contributed by atoms with Crippen LogP contribution in [0.25, 0.3) is 0 Å². The molecule has 0 aliphatic carbocycles. The van der Waals surface area contributed by atoms with Crippen molar-refractivity contribution >= 4 is 17.3 Å². The molecule has 0 saturated carbocycles. The van der Waals surface area contributed by atoms with E-state index in [0.29, 0.717) is 5.69 Å². The SMILES string of the molecule is Cc1ccc(C)c(NC(=O)c2cccc(F)c2NN)c1. The quantitative estimate of drug-likeness (QED) is 0.595. The fourth-order valence-electron chi connectivity index (χ4n) is 1.92. The number of hydrogen-bond acceptors (Lipinski definition) is 3. The molecule has 0 fully saturated rings. The number of nitrogens with one attached hydrogen (secondary N) is 2. The third-order valence-corrected chi connectivity index (χ3v) is 3.04. The molecule has 2 aromatic rings. The van der Waals surface area contributed by atoms with Crippen molar-refractivity contribution in [1.82, 2.24) is 0 Å². The van der Waals surface area contributed by atoms with Gasteiger partial charge >= 0.3 is 0 Å². The number of amides is 1. The van der Waals surface area contributed by atoms with E-state index in [4.69, 9.17) is 5.84 Å². The minimum absolute atomic E-state index is 0.0182. The van der Waals surface area contributed by atoms with Gasteiger partial charge in [0, 0.05) is 5.69 Å². The summed E-state index contributed by atoms with van der Waals surface area (Å²) in [6.45, 7) is 3.83. The van der Waals surface area contributed by atoms with Crippen LogP contribution < -0.4 is 16.6 Å². The summed E-state index contributed by atoms with van der Waals surface area (Å²) in [5.74, 6) is 4.29. The fourth-order valence-corrected chi connectivity index (χ4v) is 1.92. The van der Waals surface area contributed by atoms with E-state index in [1.165, 1.54) is 18.2 Å². The van der Waals surface area contributed by atoms with E-state index in [-0.39, 0.29) is 11.3 Å². The lowest BCUT2D eigenvalue weighted by atomic mass is 10.1. The Kier molecular flexibility index (Phi) is 4.00. The normalized spacial score (nSPS) is 10.2. The summed E-state index contributed by atoms with van der Waals surface area (Å²) in [7, 11) is 0. The molecule has 0 atom stereocenters. The number of carbonyl (C=O) groups excluding carboxylic acids is 1. The highest BCUT2D eigenvalue weighted by molar-refractivity contribution is 6.08. The van der Waals surface area contributed by atoms with E-state index in [0.717, 1.165) is 11.1 Å². The fraction of sp³-hybridized carbons (Fsp3) is 0.133. The van der Waals surface area contributed by atoms with Crippen molar-refractivity contribution in [2.75, 3.05) is 10.7 Å². The summed E-state index contributed by atoms with van der Waals surface area (Å²) in [5.41, 5.74) is 5.02. The number of aryl methyl sites for hydroxylation is 2. The first-order valence-corrected chi connectivity index (χ1v) is 6.16. The first-order chi connectivity index (χ1) is 9.52. The van der Waals surface area contributed by atoms with Gasteiger partial charge in [-0.2, -0.15) is 0 Å². The van der Waals surface area contributed by atoms with Gasteiger partial charge in [0.2, 0.25) is 0 Å². The van der Waals surface area contributed by atoms with Crippen LogP contribution in [0.3, 0.4) is 0 Å². The Morgan fingerprint density at radius 1 is 1.20 bits per heavy atom. The van der Waals surface area contributed by atoms with E-state index >= 15 is 0 Å². The van der Waals surface area contributed by atoms with Crippen molar-refractivity contribution < 1.29 is 9.18 Å². The number of halogens is 1. The average Bonchev–Trinajstić information content (AvgIpc) is 2.42. The molecule has 4 nitrogen and oxygen atoms in total. The van der Waals surface area contributed by atoms with Crippen molar-refractivity contribution in [2.24, 2.45) is 5.84 Å². The van der Waals surface area contributed by atoms with Gasteiger partial charge in [-0.1, -0.05) is 18.2 Å². The van der Waals surface area contributed by atoms with E-state index in [9.17, 15) is 9.18 Å². The molecule has 0 bridgehead atoms. The van der Waals surface area contributed by atoms with Crippen LogP contribution in [0.2, 0.25) is 0 Å². The summed E-state index contributed by atoms with van der Waals surface area (Å²) < 4.78 is 13.6. The Morgan fingerprint density at radius 2 is 1.95 bits per heavy atom. The molecule has 104 valence electrons. The second-order valence-electron chi connectivity index (χ2n) is 4.58. The Morgan fingerprint density at radius 3 is 2.65 bits per heavy atom. The smallest absolute Gasteiger partial charge is 0.257 e. The highest BCUT2D eigenvalue weighted by atomic mass is 19.1. The molecular weight excluding hydrogens is 257 g/mol. The molecular formula is C15H16FN3O. The first kappa shape index (κ1) is 14.0. The first-order valence-electron chi connectivity index (χ1n) is 6.16. The second-order valence-corrected chi connectivity index (χ2v) is 4.58. The third-order valence-electron chi connectivity index (χ3n) is 3.04. The molecule has 0 spiro atoms. The molecule has 2 rings (SSSR count). The van der Waals surface area contributed by atoms with Crippen molar-refractivity contribution in [3.05, 3.63) is 58.9 Å². The molecule has 0 unspecified atom stereocenters. The average molecular weight is 273 g/mol. The number of benzene rings is 2. The molecule has 0 aromatic heterocycles. The number of para-hydroxylation sites is 1. The topological polar surface area (TPSA) is 67.2 Å². The Labute approximate surface area is 116 Å². The van der Waals surface area contributed by atoms with Crippen molar-refractivity contribution in [3.8, 4) is 0 Å². The maximum absolute atomic E-state index is 13.6. The summed E-state index contributed by atoms with van der Waals surface area (Å²) in [6, 6.07) is 9.96. The summed E-state index contributed by atoms with van der Waals surface area (Å²) in [5, 5.41) is 2.77. The second kappa shape index (κ2) is 5.71. The van der Waals surface area contributed by atoms with Gasteiger partial charge in [-0.05, 0) is 43.2 Å². The van der Waals surface area contributed by atoms with E-state index < -0.39 is 11.7 Å². The lowest BCUT2D eigenvalue weighted by molar-refractivity contribution is 0.102. The molecule has 0 aliphatic heterocycles. The number of carbonyl (C=O) groups is 1. The zero-order chi connectivity index (χ0) is 14.7. The van der Waals surface area contributed by atoms with Crippen LogP contribution >= 0.6 is 0 Å². The van der Waals surface area contributed by atoms with Gasteiger partial charge in [0.15, 0.2) is 0 Å². The molecule has 0 heterocycles. The third kappa shape index (κ3) is 2.78. The number of anilines is 2. The van der Waals surface area contributed by atoms with Crippen molar-refractivity contribution in [2.45, 2.75) is 13.8 Å². The number of rotatable bonds is 3. The van der Waals surface area contributed by atoms with E-state index in [1.807, 2.05) is 32.0 Å².